The standard InChI is InChI=1S/C20H41NO2/c1-4-5-6-7-8-9-10-11-12-13-14-15-16-17-20(23)18(2)21-19(3)22/h18,20,23H,4-17H2,1-3H3,(H,21,22). The number of hydrogen-bond acceptors (Lipinski definition) is 2. The fraction of sp³-hybridized carbons (Fsp3) is 0.950. The summed E-state index contributed by atoms with van der Waals surface area (Å²) in [5, 5.41) is 12.7. The Bertz CT molecular complexity index is 268. The number of rotatable bonds is 16. The molecule has 2 N–H and O–H groups in total. The molecule has 0 saturated carbocycles. The first-order valence-electron chi connectivity index (χ1n) is 10.0. The number of unbranched alkanes of at least 4 members (excludes halogenated alkanes) is 12. The highest BCUT2D eigenvalue weighted by molar-refractivity contribution is 5.73. The predicted octanol–water partition coefficient (Wildman–Crippen LogP) is 5.35. The van der Waals surface area contributed by atoms with E-state index in [1.54, 1.807) is 0 Å². The van der Waals surface area contributed by atoms with Crippen LogP contribution in [0.25, 0.3) is 0 Å². The molecule has 2 atom stereocenters. The van der Waals surface area contributed by atoms with E-state index in [9.17, 15) is 9.90 Å². The first-order chi connectivity index (χ1) is 11.1. The lowest BCUT2D eigenvalue weighted by Gasteiger charge is -2.19. The Kier molecular flexibility index (Phi) is 15.9. The molecule has 0 spiro atoms. The first-order valence-corrected chi connectivity index (χ1v) is 10.0. The van der Waals surface area contributed by atoms with Gasteiger partial charge in [0.25, 0.3) is 0 Å². The van der Waals surface area contributed by atoms with Gasteiger partial charge in [-0.05, 0) is 13.3 Å². The molecule has 138 valence electrons. The van der Waals surface area contributed by atoms with Crippen molar-refractivity contribution in [2.45, 2.75) is 123 Å². The van der Waals surface area contributed by atoms with Crippen molar-refractivity contribution < 1.29 is 9.90 Å². The second-order valence-electron chi connectivity index (χ2n) is 7.09. The highest BCUT2D eigenvalue weighted by Crippen LogP contribution is 2.13. The van der Waals surface area contributed by atoms with Crippen LogP contribution >= 0.6 is 0 Å². The summed E-state index contributed by atoms with van der Waals surface area (Å²) in [4.78, 5) is 10.9. The second kappa shape index (κ2) is 16.3. The van der Waals surface area contributed by atoms with E-state index in [4.69, 9.17) is 0 Å². The molecular formula is C20H41NO2. The number of aliphatic hydroxyl groups is 1. The third-order valence-corrected chi connectivity index (χ3v) is 4.61. The Labute approximate surface area is 144 Å². The second-order valence-corrected chi connectivity index (χ2v) is 7.09. The van der Waals surface area contributed by atoms with Gasteiger partial charge >= 0.3 is 0 Å². The van der Waals surface area contributed by atoms with E-state index in [1.165, 1.54) is 84.0 Å². The average molecular weight is 328 g/mol. The van der Waals surface area contributed by atoms with Crippen LogP contribution in [0.15, 0.2) is 0 Å². The van der Waals surface area contributed by atoms with E-state index in [0.717, 1.165) is 12.8 Å². The molecule has 0 aliphatic carbocycles. The van der Waals surface area contributed by atoms with Gasteiger partial charge in [0, 0.05) is 6.92 Å². The van der Waals surface area contributed by atoms with E-state index < -0.39 is 6.10 Å². The van der Waals surface area contributed by atoms with E-state index in [0.29, 0.717) is 0 Å². The molecule has 3 nitrogen and oxygen atoms in total. The van der Waals surface area contributed by atoms with E-state index in [2.05, 4.69) is 12.2 Å². The van der Waals surface area contributed by atoms with Gasteiger partial charge in [0.2, 0.25) is 5.91 Å². The van der Waals surface area contributed by atoms with Crippen molar-refractivity contribution in [3.8, 4) is 0 Å². The van der Waals surface area contributed by atoms with E-state index in [-0.39, 0.29) is 11.9 Å². The van der Waals surface area contributed by atoms with Gasteiger partial charge < -0.3 is 10.4 Å². The summed E-state index contributed by atoms with van der Waals surface area (Å²) < 4.78 is 0. The number of carbonyl (C=O) groups excluding carboxylic acids is 1. The summed E-state index contributed by atoms with van der Waals surface area (Å²) in [5.41, 5.74) is 0. The van der Waals surface area contributed by atoms with E-state index in [1.807, 2.05) is 6.92 Å². The van der Waals surface area contributed by atoms with Crippen LogP contribution in [0.3, 0.4) is 0 Å². The summed E-state index contributed by atoms with van der Waals surface area (Å²) >= 11 is 0. The van der Waals surface area contributed by atoms with Crippen LogP contribution in [-0.4, -0.2) is 23.2 Å². The Morgan fingerprint density at radius 3 is 1.61 bits per heavy atom. The predicted molar refractivity (Wildman–Crippen MR) is 99.6 cm³/mol. The lowest BCUT2D eigenvalue weighted by molar-refractivity contribution is -0.120. The van der Waals surface area contributed by atoms with Gasteiger partial charge in [-0.2, -0.15) is 0 Å². The molecule has 0 bridgehead atoms. The number of amides is 1. The zero-order valence-electron chi connectivity index (χ0n) is 15.9. The maximum absolute atomic E-state index is 10.9. The number of aliphatic hydroxyl groups excluding tert-OH is 1. The van der Waals surface area contributed by atoms with Crippen LogP contribution in [-0.2, 0) is 4.79 Å². The molecule has 0 fully saturated rings. The SMILES string of the molecule is CCCCCCCCCCCCCCCC(O)C(C)NC(C)=O. The highest BCUT2D eigenvalue weighted by atomic mass is 16.3. The Morgan fingerprint density at radius 2 is 1.22 bits per heavy atom. The van der Waals surface area contributed by atoms with Crippen LogP contribution in [0.2, 0.25) is 0 Å². The summed E-state index contributed by atoms with van der Waals surface area (Å²) in [6, 6.07) is -0.134. The van der Waals surface area contributed by atoms with Crippen LogP contribution in [0.1, 0.15) is 111 Å². The average Bonchev–Trinajstić information content (AvgIpc) is 2.51. The number of nitrogens with one attached hydrogen (secondary N) is 1. The van der Waals surface area contributed by atoms with Crippen molar-refractivity contribution >= 4 is 5.91 Å². The van der Waals surface area contributed by atoms with Crippen molar-refractivity contribution in [1.29, 1.82) is 0 Å². The van der Waals surface area contributed by atoms with Gasteiger partial charge in [-0.25, -0.2) is 0 Å². The zero-order valence-corrected chi connectivity index (χ0v) is 15.9. The van der Waals surface area contributed by atoms with Gasteiger partial charge in [0.1, 0.15) is 0 Å². The fourth-order valence-corrected chi connectivity index (χ4v) is 3.04. The minimum Gasteiger partial charge on any atom is -0.391 e. The molecule has 0 aromatic heterocycles. The van der Waals surface area contributed by atoms with Gasteiger partial charge in [0.05, 0.1) is 12.1 Å². The largest absolute Gasteiger partial charge is 0.391 e. The third-order valence-electron chi connectivity index (χ3n) is 4.61. The third kappa shape index (κ3) is 16.1. The van der Waals surface area contributed by atoms with Gasteiger partial charge in [-0.3, -0.25) is 4.79 Å². The molecule has 0 aromatic rings. The normalized spacial score (nSPS) is 13.7. The monoisotopic (exact) mass is 327 g/mol. The summed E-state index contributed by atoms with van der Waals surface area (Å²) in [5.74, 6) is -0.0677. The Morgan fingerprint density at radius 1 is 0.826 bits per heavy atom. The topological polar surface area (TPSA) is 49.3 Å². The molecule has 23 heavy (non-hydrogen) atoms. The molecule has 1 amide bonds. The Balaban J connectivity index is 3.22. The van der Waals surface area contributed by atoms with Crippen molar-refractivity contribution in [2.75, 3.05) is 0 Å². The maximum Gasteiger partial charge on any atom is 0.217 e. The smallest absolute Gasteiger partial charge is 0.217 e. The molecule has 0 saturated heterocycles. The minimum atomic E-state index is -0.411. The molecule has 3 heteroatoms. The van der Waals surface area contributed by atoms with Crippen LogP contribution in [0, 0.1) is 0 Å². The summed E-state index contributed by atoms with van der Waals surface area (Å²) in [7, 11) is 0. The molecule has 0 aliphatic rings. The molecule has 2 unspecified atom stereocenters. The minimum absolute atomic E-state index is 0.0677. The molecule has 0 rings (SSSR count). The molecule has 0 aliphatic heterocycles. The van der Waals surface area contributed by atoms with E-state index >= 15 is 0 Å². The van der Waals surface area contributed by atoms with Gasteiger partial charge in [-0.1, -0.05) is 90.4 Å². The summed E-state index contributed by atoms with van der Waals surface area (Å²) in [6.45, 7) is 5.63. The quantitative estimate of drug-likeness (QED) is 0.375. The Hall–Kier alpha value is -0.570. The van der Waals surface area contributed by atoms with Gasteiger partial charge in [0.15, 0.2) is 0 Å². The maximum atomic E-state index is 10.9. The van der Waals surface area contributed by atoms with Crippen molar-refractivity contribution in [2.24, 2.45) is 0 Å². The number of hydrogen-bond donors (Lipinski definition) is 2. The summed E-state index contributed by atoms with van der Waals surface area (Å²) in [6.07, 6.45) is 17.8. The fourth-order valence-electron chi connectivity index (χ4n) is 3.04. The van der Waals surface area contributed by atoms with Gasteiger partial charge in [-0.15, -0.1) is 0 Å². The van der Waals surface area contributed by atoms with Crippen molar-refractivity contribution in [3.05, 3.63) is 0 Å². The molecule has 0 heterocycles. The molecule has 0 aromatic carbocycles. The van der Waals surface area contributed by atoms with Crippen LogP contribution in [0.4, 0.5) is 0 Å². The lowest BCUT2D eigenvalue weighted by Crippen LogP contribution is -2.39. The van der Waals surface area contributed by atoms with Crippen LogP contribution in [0.5, 0.6) is 0 Å². The first kappa shape index (κ1) is 22.4. The van der Waals surface area contributed by atoms with Crippen LogP contribution < -0.4 is 5.32 Å². The molecule has 0 radical (unpaired) electrons. The number of carbonyl (C=O) groups is 1. The molecular weight excluding hydrogens is 286 g/mol. The van der Waals surface area contributed by atoms with Crippen molar-refractivity contribution in [1.82, 2.24) is 5.32 Å². The zero-order chi connectivity index (χ0) is 17.3. The lowest BCUT2D eigenvalue weighted by atomic mass is 10.0. The van der Waals surface area contributed by atoms with Crippen molar-refractivity contribution in [3.63, 3.8) is 0 Å². The highest BCUT2D eigenvalue weighted by Gasteiger charge is 2.13.